The van der Waals surface area contributed by atoms with Crippen molar-refractivity contribution in [3.63, 3.8) is 0 Å². The van der Waals surface area contributed by atoms with Crippen LogP contribution >= 0.6 is 0 Å². The Hall–Kier alpha value is -3.50. The van der Waals surface area contributed by atoms with Crippen LogP contribution in [0.25, 0.3) is 0 Å². The van der Waals surface area contributed by atoms with E-state index >= 15 is 0 Å². The molecule has 0 saturated carbocycles. The molecule has 0 aromatic carbocycles. The van der Waals surface area contributed by atoms with Gasteiger partial charge in [-0.05, 0) is 63.6 Å². The fraction of sp³-hybridized carbons (Fsp3) is 0.556. The van der Waals surface area contributed by atoms with Crippen molar-refractivity contribution in [1.29, 1.82) is 0 Å². The van der Waals surface area contributed by atoms with Crippen molar-refractivity contribution < 1.29 is 27.8 Å². The van der Waals surface area contributed by atoms with Gasteiger partial charge in [0, 0.05) is 44.1 Å². The van der Waals surface area contributed by atoms with Gasteiger partial charge in [-0.2, -0.15) is 8.78 Å². The van der Waals surface area contributed by atoms with Crippen LogP contribution in [-0.2, 0) is 22.4 Å². The minimum Gasteiger partial charge on any atom is -0.460 e. The second kappa shape index (κ2) is 11.9. The molecule has 1 N–H and O–H groups in total. The number of rotatable bonds is 10. The topological polar surface area (TPSA) is 96.9 Å². The lowest BCUT2D eigenvalue weighted by atomic mass is 10.0. The van der Waals surface area contributed by atoms with E-state index in [2.05, 4.69) is 27.2 Å². The highest BCUT2D eigenvalue weighted by Gasteiger charge is 2.36. The van der Waals surface area contributed by atoms with Crippen molar-refractivity contribution in [2.75, 3.05) is 31.5 Å². The zero-order chi connectivity index (χ0) is 27.3. The van der Waals surface area contributed by atoms with E-state index in [-0.39, 0.29) is 18.3 Å². The lowest BCUT2D eigenvalue weighted by molar-refractivity contribution is -0.156. The summed E-state index contributed by atoms with van der Waals surface area (Å²) in [6.07, 6.45) is 4.92. The molecular formula is C27H35F2N5O4. The summed E-state index contributed by atoms with van der Waals surface area (Å²) in [7, 11) is 0. The number of anilines is 1. The number of ether oxygens (including phenoxy) is 2. The Balaban J connectivity index is 1.41. The molecular weight excluding hydrogens is 496 g/mol. The molecule has 2 aromatic rings. The van der Waals surface area contributed by atoms with Gasteiger partial charge in [-0.1, -0.05) is 12.1 Å². The Labute approximate surface area is 221 Å². The van der Waals surface area contributed by atoms with E-state index < -0.39 is 24.2 Å². The average molecular weight is 532 g/mol. The van der Waals surface area contributed by atoms with Crippen LogP contribution in [0.5, 0.6) is 5.88 Å². The van der Waals surface area contributed by atoms with Gasteiger partial charge in [0.1, 0.15) is 11.4 Å². The molecule has 0 radical (unpaired) electrons. The Morgan fingerprint density at radius 1 is 1.18 bits per heavy atom. The Kier molecular flexibility index (Phi) is 8.63. The number of carbonyl (C=O) groups is 2. The predicted molar refractivity (Wildman–Crippen MR) is 137 cm³/mol. The molecule has 1 atom stereocenters. The van der Waals surface area contributed by atoms with Gasteiger partial charge in [0.15, 0.2) is 0 Å². The number of nitrogens with zero attached hydrogens (tertiary/aromatic N) is 4. The third-order valence-electron chi connectivity index (χ3n) is 6.45. The summed E-state index contributed by atoms with van der Waals surface area (Å²) in [4.78, 5) is 38.1. The number of esters is 1. The second-order valence-corrected chi connectivity index (χ2v) is 10.5. The van der Waals surface area contributed by atoms with Crippen molar-refractivity contribution in [2.24, 2.45) is 0 Å². The molecule has 2 aliphatic heterocycles. The van der Waals surface area contributed by atoms with Crippen LogP contribution in [-0.4, -0.2) is 70.2 Å². The Morgan fingerprint density at radius 3 is 2.71 bits per heavy atom. The van der Waals surface area contributed by atoms with Gasteiger partial charge < -0.3 is 24.6 Å². The smallest absolute Gasteiger partial charge is 0.388 e. The summed E-state index contributed by atoms with van der Waals surface area (Å²) in [5.74, 6) is 0.259. The number of hydrogen-bond donors (Lipinski definition) is 1. The zero-order valence-corrected chi connectivity index (χ0v) is 22.1. The Bertz CT molecular complexity index is 1120. The van der Waals surface area contributed by atoms with E-state index in [0.29, 0.717) is 25.2 Å². The fourth-order valence-corrected chi connectivity index (χ4v) is 4.76. The van der Waals surface area contributed by atoms with E-state index in [1.54, 1.807) is 36.6 Å². The third-order valence-corrected chi connectivity index (χ3v) is 6.45. The molecule has 1 fully saturated rings. The van der Waals surface area contributed by atoms with Crippen LogP contribution in [0, 0.1) is 0 Å². The van der Waals surface area contributed by atoms with Gasteiger partial charge in [0.25, 0.3) is 0 Å². The van der Waals surface area contributed by atoms with Crippen molar-refractivity contribution in [1.82, 2.24) is 19.8 Å². The molecule has 1 saturated heterocycles. The molecule has 4 heterocycles. The maximum atomic E-state index is 13.4. The monoisotopic (exact) mass is 531 g/mol. The lowest BCUT2D eigenvalue weighted by Crippen LogP contribution is -2.37. The molecule has 206 valence electrons. The number of fused-ring (bicyclic) bond motifs is 1. The Morgan fingerprint density at radius 2 is 2.00 bits per heavy atom. The summed E-state index contributed by atoms with van der Waals surface area (Å²) in [5.41, 5.74) is 2.08. The molecule has 2 aromatic heterocycles. The summed E-state index contributed by atoms with van der Waals surface area (Å²) in [6, 6.07) is 6.19. The van der Waals surface area contributed by atoms with Crippen LogP contribution in [0.15, 0.2) is 30.5 Å². The number of aromatic nitrogens is 2. The van der Waals surface area contributed by atoms with E-state index in [1.807, 2.05) is 0 Å². The van der Waals surface area contributed by atoms with E-state index in [1.165, 1.54) is 17.8 Å². The van der Waals surface area contributed by atoms with Gasteiger partial charge in [-0.3, -0.25) is 4.79 Å². The van der Waals surface area contributed by atoms with E-state index in [0.717, 1.165) is 43.7 Å². The van der Waals surface area contributed by atoms with Crippen molar-refractivity contribution in [3.8, 4) is 5.88 Å². The molecule has 0 spiro atoms. The first-order valence-corrected chi connectivity index (χ1v) is 13.0. The maximum absolute atomic E-state index is 13.4. The van der Waals surface area contributed by atoms with E-state index in [4.69, 9.17) is 9.72 Å². The largest absolute Gasteiger partial charge is 0.460 e. The standard InChI is InChI=1S/C27H35F2N5O4/c1-27(2,3)38-23(35)16-21(19-9-11-22(31-17-19)37-25(28)29)34-15-14-33(26(34)36)13-5-7-20-10-8-18-6-4-12-30-24(18)32-20/h8-11,17,21,25H,4-7,12-16H2,1-3H3,(H,30,32). The first-order chi connectivity index (χ1) is 18.1. The van der Waals surface area contributed by atoms with Crippen molar-refractivity contribution >= 4 is 17.8 Å². The molecule has 0 aliphatic carbocycles. The van der Waals surface area contributed by atoms with Crippen LogP contribution in [0.4, 0.5) is 19.4 Å². The van der Waals surface area contributed by atoms with Gasteiger partial charge >= 0.3 is 18.6 Å². The number of nitrogens with one attached hydrogen (secondary N) is 1. The quantitative estimate of drug-likeness (QED) is 0.448. The summed E-state index contributed by atoms with van der Waals surface area (Å²) in [6.45, 7) is 4.75. The summed E-state index contributed by atoms with van der Waals surface area (Å²) in [5, 5.41) is 3.35. The molecule has 2 aliphatic rings. The normalized spacial score (nSPS) is 16.3. The van der Waals surface area contributed by atoms with E-state index in [9.17, 15) is 18.4 Å². The minimum absolute atomic E-state index is 0.0837. The predicted octanol–water partition coefficient (Wildman–Crippen LogP) is 4.58. The minimum atomic E-state index is -2.99. The highest BCUT2D eigenvalue weighted by atomic mass is 19.3. The third kappa shape index (κ3) is 7.29. The number of carbonyl (C=O) groups excluding carboxylic acids is 2. The van der Waals surface area contributed by atoms with Crippen molar-refractivity contribution in [2.45, 2.75) is 71.1 Å². The number of alkyl halides is 2. The average Bonchev–Trinajstić information content (AvgIpc) is 3.21. The molecule has 4 rings (SSSR count). The molecule has 0 bridgehead atoms. The van der Waals surface area contributed by atoms with Crippen LogP contribution in [0.3, 0.4) is 0 Å². The number of amides is 2. The lowest BCUT2D eigenvalue weighted by Gasteiger charge is -2.29. The fourth-order valence-electron chi connectivity index (χ4n) is 4.76. The van der Waals surface area contributed by atoms with Crippen LogP contribution in [0.2, 0.25) is 0 Å². The number of aryl methyl sites for hydroxylation is 2. The molecule has 38 heavy (non-hydrogen) atoms. The highest BCUT2D eigenvalue weighted by Crippen LogP contribution is 2.30. The van der Waals surface area contributed by atoms with Gasteiger partial charge in [-0.25, -0.2) is 14.8 Å². The second-order valence-electron chi connectivity index (χ2n) is 10.5. The van der Waals surface area contributed by atoms with Gasteiger partial charge in [0.05, 0.1) is 12.5 Å². The van der Waals surface area contributed by atoms with Gasteiger partial charge in [-0.15, -0.1) is 0 Å². The number of halogens is 2. The summed E-state index contributed by atoms with van der Waals surface area (Å²) < 4.78 is 34.9. The molecule has 11 heteroatoms. The van der Waals surface area contributed by atoms with Crippen molar-refractivity contribution in [3.05, 3.63) is 47.3 Å². The first kappa shape index (κ1) is 27.5. The zero-order valence-electron chi connectivity index (χ0n) is 22.1. The maximum Gasteiger partial charge on any atom is 0.388 e. The number of urea groups is 1. The number of pyridine rings is 2. The highest BCUT2D eigenvalue weighted by molar-refractivity contribution is 5.78. The number of hydrogen-bond acceptors (Lipinski definition) is 7. The first-order valence-electron chi connectivity index (χ1n) is 13.0. The van der Waals surface area contributed by atoms with Crippen LogP contribution < -0.4 is 10.1 Å². The van der Waals surface area contributed by atoms with Gasteiger partial charge in [0.2, 0.25) is 5.88 Å². The summed E-state index contributed by atoms with van der Waals surface area (Å²) >= 11 is 0. The molecule has 9 nitrogen and oxygen atoms in total. The SMILES string of the molecule is CC(C)(C)OC(=O)CC(c1ccc(OC(F)F)nc1)N1CCN(CCCc2ccc3c(n2)NCCC3)C1=O. The molecule has 2 amide bonds. The molecule has 1 unspecified atom stereocenters. The van der Waals surface area contributed by atoms with Crippen LogP contribution in [0.1, 0.15) is 62.9 Å².